The number of hydrogen-bond acceptors (Lipinski definition) is 6. The molecule has 1 atom stereocenters. The highest BCUT2D eigenvalue weighted by molar-refractivity contribution is 7.13. The molecule has 2 saturated heterocycles. The standard InChI is InChI=1S/C19H33N5S.C4H10/c1-15(2)16(3)24-10-8-23(9-11-24)13-17-14-25-19(21-17)20-12-18-6-5-7-22(18)4;1-4(2)3/h14-15,18H,3,5-13H2,1-2,4H3,(H,20,21);4H,1-3H3. The van der Waals surface area contributed by atoms with E-state index in [0.29, 0.717) is 12.0 Å². The maximum absolute atomic E-state index is 4.79. The van der Waals surface area contributed by atoms with Crippen LogP contribution in [0.15, 0.2) is 17.7 Å². The van der Waals surface area contributed by atoms with E-state index in [4.69, 9.17) is 4.98 Å². The molecule has 1 unspecified atom stereocenters. The maximum atomic E-state index is 4.79. The van der Waals surface area contributed by atoms with Crippen molar-refractivity contribution in [3.63, 3.8) is 0 Å². The van der Waals surface area contributed by atoms with Gasteiger partial charge in [0.2, 0.25) is 0 Å². The highest BCUT2D eigenvalue weighted by Crippen LogP contribution is 2.21. The largest absolute Gasteiger partial charge is 0.373 e. The Morgan fingerprint density at radius 1 is 1.17 bits per heavy atom. The molecule has 6 heteroatoms. The van der Waals surface area contributed by atoms with Crippen molar-refractivity contribution in [2.75, 3.05) is 51.6 Å². The van der Waals surface area contributed by atoms with Crippen molar-refractivity contribution in [1.29, 1.82) is 0 Å². The van der Waals surface area contributed by atoms with Gasteiger partial charge in [-0.05, 0) is 38.3 Å². The summed E-state index contributed by atoms with van der Waals surface area (Å²) in [5.41, 5.74) is 2.47. The summed E-state index contributed by atoms with van der Waals surface area (Å²) < 4.78 is 0. The molecule has 0 bridgehead atoms. The first-order valence-electron chi connectivity index (χ1n) is 11.3. The fraction of sp³-hybridized carbons (Fsp3) is 0.783. The van der Waals surface area contributed by atoms with E-state index >= 15 is 0 Å². The second-order valence-corrected chi connectivity index (χ2v) is 10.3. The molecule has 0 amide bonds. The molecule has 0 spiro atoms. The number of aromatic nitrogens is 1. The third-order valence-corrected chi connectivity index (χ3v) is 6.39. The van der Waals surface area contributed by atoms with Gasteiger partial charge in [0.25, 0.3) is 0 Å². The van der Waals surface area contributed by atoms with Gasteiger partial charge in [-0.15, -0.1) is 11.3 Å². The SMILES string of the molecule is C=C(C(C)C)N1CCN(Cc2csc(NCC3CCCN3C)n2)CC1.CC(C)C. The average molecular weight is 422 g/mol. The Morgan fingerprint density at radius 2 is 1.83 bits per heavy atom. The van der Waals surface area contributed by atoms with Gasteiger partial charge in [-0.1, -0.05) is 41.2 Å². The van der Waals surface area contributed by atoms with Gasteiger partial charge < -0.3 is 15.1 Å². The quantitative estimate of drug-likeness (QED) is 0.696. The van der Waals surface area contributed by atoms with Crippen molar-refractivity contribution in [2.24, 2.45) is 11.8 Å². The number of piperazine rings is 1. The first-order chi connectivity index (χ1) is 13.8. The fourth-order valence-corrected chi connectivity index (χ4v) is 4.40. The lowest BCUT2D eigenvalue weighted by molar-refractivity contribution is 0.144. The predicted molar refractivity (Wildman–Crippen MR) is 128 cm³/mol. The van der Waals surface area contributed by atoms with Gasteiger partial charge >= 0.3 is 0 Å². The van der Waals surface area contributed by atoms with Crippen molar-refractivity contribution in [1.82, 2.24) is 19.7 Å². The van der Waals surface area contributed by atoms with Gasteiger partial charge in [0.1, 0.15) is 0 Å². The molecule has 0 radical (unpaired) electrons. The minimum Gasteiger partial charge on any atom is -0.373 e. The minimum atomic E-state index is 0.539. The number of nitrogens with zero attached hydrogens (tertiary/aromatic N) is 4. The molecule has 0 aliphatic carbocycles. The summed E-state index contributed by atoms with van der Waals surface area (Å²) in [6.45, 7) is 22.7. The molecular weight excluding hydrogens is 378 g/mol. The molecule has 0 saturated carbocycles. The molecule has 3 rings (SSSR count). The summed E-state index contributed by atoms with van der Waals surface area (Å²) in [7, 11) is 2.22. The number of thiazole rings is 1. The third-order valence-electron chi connectivity index (χ3n) is 5.54. The van der Waals surface area contributed by atoms with Crippen LogP contribution in [0.4, 0.5) is 5.13 Å². The summed E-state index contributed by atoms with van der Waals surface area (Å²) >= 11 is 1.74. The molecule has 166 valence electrons. The van der Waals surface area contributed by atoms with Gasteiger partial charge in [-0.25, -0.2) is 4.98 Å². The summed E-state index contributed by atoms with van der Waals surface area (Å²) in [5, 5.41) is 6.82. The molecule has 2 aliphatic heterocycles. The number of nitrogens with one attached hydrogen (secondary N) is 1. The molecule has 1 aromatic rings. The Kier molecular flexibility index (Phi) is 9.93. The first-order valence-corrected chi connectivity index (χ1v) is 12.2. The van der Waals surface area contributed by atoms with E-state index < -0.39 is 0 Å². The normalized spacial score (nSPS) is 20.8. The molecule has 2 fully saturated rings. The Hall–Kier alpha value is -1.11. The minimum absolute atomic E-state index is 0.539. The highest BCUT2D eigenvalue weighted by Gasteiger charge is 2.22. The summed E-state index contributed by atoms with van der Waals surface area (Å²) in [4.78, 5) is 12.2. The van der Waals surface area contributed by atoms with E-state index in [1.54, 1.807) is 11.3 Å². The van der Waals surface area contributed by atoms with Crippen molar-refractivity contribution in [3.05, 3.63) is 23.3 Å². The molecular formula is C23H43N5S. The Labute approximate surface area is 183 Å². The lowest BCUT2D eigenvalue weighted by Crippen LogP contribution is -2.45. The number of hydrogen-bond donors (Lipinski definition) is 1. The van der Waals surface area contributed by atoms with Crippen LogP contribution in [-0.4, -0.2) is 72.0 Å². The number of likely N-dealkylation sites (N-methyl/N-ethyl adjacent to an activating group) is 1. The first kappa shape index (κ1) is 24.2. The van der Waals surface area contributed by atoms with Gasteiger partial charge in [-0.3, -0.25) is 4.90 Å². The van der Waals surface area contributed by atoms with Crippen LogP contribution in [0.5, 0.6) is 0 Å². The predicted octanol–water partition coefficient (Wildman–Crippen LogP) is 4.60. The maximum Gasteiger partial charge on any atom is 0.182 e. The zero-order valence-electron chi connectivity index (χ0n) is 19.6. The topological polar surface area (TPSA) is 34.6 Å². The van der Waals surface area contributed by atoms with Crippen LogP contribution in [0.1, 0.15) is 53.2 Å². The smallest absolute Gasteiger partial charge is 0.182 e. The Bertz CT molecular complexity index is 601. The number of rotatable bonds is 7. The van der Waals surface area contributed by atoms with Gasteiger partial charge in [0.15, 0.2) is 5.13 Å². The van der Waals surface area contributed by atoms with Crippen molar-refractivity contribution in [2.45, 2.75) is 60.0 Å². The van der Waals surface area contributed by atoms with Gasteiger partial charge in [0, 0.05) is 56.4 Å². The van der Waals surface area contributed by atoms with Crippen molar-refractivity contribution < 1.29 is 0 Å². The number of likely N-dealkylation sites (tertiary alicyclic amines) is 1. The van der Waals surface area contributed by atoms with Crippen LogP contribution in [0.2, 0.25) is 0 Å². The Balaban J connectivity index is 0.000000687. The second kappa shape index (κ2) is 11.9. The van der Waals surface area contributed by atoms with E-state index in [9.17, 15) is 0 Å². The van der Waals surface area contributed by atoms with E-state index in [2.05, 4.69) is 73.6 Å². The summed E-state index contributed by atoms with van der Waals surface area (Å²) in [6, 6.07) is 0.662. The molecule has 1 aromatic heterocycles. The summed E-state index contributed by atoms with van der Waals surface area (Å²) in [6.07, 6.45) is 2.62. The third kappa shape index (κ3) is 8.27. The van der Waals surface area contributed by atoms with Crippen LogP contribution in [0.3, 0.4) is 0 Å². The zero-order valence-corrected chi connectivity index (χ0v) is 20.4. The number of anilines is 1. The van der Waals surface area contributed by atoms with Crippen molar-refractivity contribution in [3.8, 4) is 0 Å². The van der Waals surface area contributed by atoms with Crippen LogP contribution in [-0.2, 0) is 6.54 Å². The van der Waals surface area contributed by atoms with E-state index in [1.807, 2.05) is 0 Å². The van der Waals surface area contributed by atoms with Crippen LogP contribution < -0.4 is 5.32 Å². The molecule has 5 nitrogen and oxygen atoms in total. The van der Waals surface area contributed by atoms with Crippen LogP contribution in [0.25, 0.3) is 0 Å². The number of allylic oxidation sites excluding steroid dienone is 1. The molecule has 0 aromatic carbocycles. The fourth-order valence-electron chi connectivity index (χ4n) is 3.69. The van der Waals surface area contributed by atoms with Gasteiger partial charge in [0.05, 0.1) is 5.69 Å². The van der Waals surface area contributed by atoms with Crippen LogP contribution >= 0.6 is 11.3 Å². The Morgan fingerprint density at radius 3 is 2.38 bits per heavy atom. The second-order valence-electron chi connectivity index (χ2n) is 9.44. The van der Waals surface area contributed by atoms with Crippen molar-refractivity contribution >= 4 is 16.5 Å². The molecule has 2 aliphatic rings. The molecule has 1 N–H and O–H groups in total. The lowest BCUT2D eigenvalue weighted by atomic mass is 10.1. The van der Waals surface area contributed by atoms with E-state index in [0.717, 1.165) is 50.3 Å². The molecule has 3 heterocycles. The highest BCUT2D eigenvalue weighted by atomic mass is 32.1. The molecule has 29 heavy (non-hydrogen) atoms. The average Bonchev–Trinajstić information content (AvgIpc) is 3.28. The lowest BCUT2D eigenvalue weighted by Gasteiger charge is -2.37. The monoisotopic (exact) mass is 421 g/mol. The van der Waals surface area contributed by atoms with Crippen LogP contribution in [0, 0.1) is 11.8 Å². The van der Waals surface area contributed by atoms with E-state index in [1.165, 1.54) is 30.8 Å². The zero-order chi connectivity index (χ0) is 21.4. The summed E-state index contributed by atoms with van der Waals surface area (Å²) in [5.74, 6) is 1.37. The van der Waals surface area contributed by atoms with E-state index in [-0.39, 0.29) is 0 Å². The van der Waals surface area contributed by atoms with Gasteiger partial charge in [-0.2, -0.15) is 0 Å².